The summed E-state index contributed by atoms with van der Waals surface area (Å²) in [7, 11) is 0. The number of benzene rings is 2. The van der Waals surface area contributed by atoms with E-state index < -0.39 is 0 Å². The molecule has 0 aromatic heterocycles. The molecule has 21 heavy (non-hydrogen) atoms. The van der Waals surface area contributed by atoms with Crippen molar-refractivity contribution in [1.29, 1.82) is 0 Å². The zero-order valence-electron chi connectivity index (χ0n) is 11.1. The number of hydrogen-bond acceptors (Lipinski definition) is 3. The van der Waals surface area contributed by atoms with Gasteiger partial charge in [0.05, 0.1) is 6.21 Å². The van der Waals surface area contributed by atoms with Crippen LogP contribution in [-0.2, 0) is 0 Å². The van der Waals surface area contributed by atoms with E-state index in [1.54, 1.807) is 24.3 Å². The molecule has 2 N–H and O–H groups in total. The van der Waals surface area contributed by atoms with Crippen LogP contribution in [-0.4, -0.2) is 17.2 Å². The summed E-state index contributed by atoms with van der Waals surface area (Å²) in [6.07, 6.45) is 1.43. The summed E-state index contributed by atoms with van der Waals surface area (Å²) in [6, 6.07) is 10.7. The van der Waals surface area contributed by atoms with E-state index in [0.29, 0.717) is 11.1 Å². The van der Waals surface area contributed by atoms with Gasteiger partial charge >= 0.3 is 0 Å². The molecular weight excluding hydrogens is 447 g/mol. The van der Waals surface area contributed by atoms with Gasteiger partial charge in [0.1, 0.15) is 5.75 Å². The van der Waals surface area contributed by atoms with Gasteiger partial charge in [0, 0.05) is 19.2 Å². The molecule has 0 spiro atoms. The lowest BCUT2D eigenvalue weighted by Gasteiger charge is -2.04. The van der Waals surface area contributed by atoms with Crippen LogP contribution < -0.4 is 5.43 Å². The minimum atomic E-state index is -0.311. The Morgan fingerprint density at radius 2 is 2.14 bits per heavy atom. The summed E-state index contributed by atoms with van der Waals surface area (Å²) in [5, 5.41) is 13.8. The third-order valence-corrected chi connectivity index (χ3v) is 3.87. The molecule has 108 valence electrons. The van der Waals surface area contributed by atoms with E-state index in [-0.39, 0.29) is 11.7 Å². The highest BCUT2D eigenvalue weighted by Crippen LogP contribution is 2.23. The lowest BCUT2D eigenvalue weighted by molar-refractivity contribution is 0.0955. The van der Waals surface area contributed by atoms with Gasteiger partial charge in [-0.25, -0.2) is 5.43 Å². The smallest absolute Gasteiger partial charge is 0.271 e. The summed E-state index contributed by atoms with van der Waals surface area (Å²) >= 11 is 5.47. The average molecular weight is 459 g/mol. The van der Waals surface area contributed by atoms with Crippen molar-refractivity contribution in [1.82, 2.24) is 5.43 Å². The topological polar surface area (TPSA) is 61.7 Å². The number of phenolic OH excluding ortho intramolecular Hbond substituents is 1. The van der Waals surface area contributed by atoms with Crippen molar-refractivity contribution in [2.45, 2.75) is 6.92 Å². The molecule has 0 heterocycles. The van der Waals surface area contributed by atoms with Crippen molar-refractivity contribution >= 4 is 50.6 Å². The van der Waals surface area contributed by atoms with Crippen LogP contribution in [0, 0.1) is 10.5 Å². The third kappa shape index (κ3) is 4.28. The largest absolute Gasteiger partial charge is 0.507 e. The van der Waals surface area contributed by atoms with Gasteiger partial charge in [0.25, 0.3) is 5.91 Å². The van der Waals surface area contributed by atoms with Crippen molar-refractivity contribution in [3.8, 4) is 5.75 Å². The molecule has 2 rings (SSSR count). The Bertz CT molecular complexity index is 717. The molecule has 0 fully saturated rings. The molecule has 2 aromatic rings. The summed E-state index contributed by atoms with van der Waals surface area (Å²) in [4.78, 5) is 11.9. The van der Waals surface area contributed by atoms with Gasteiger partial charge in [-0.2, -0.15) is 5.10 Å². The lowest BCUT2D eigenvalue weighted by Crippen LogP contribution is -2.17. The molecule has 4 nitrogen and oxygen atoms in total. The van der Waals surface area contributed by atoms with Crippen molar-refractivity contribution in [3.05, 3.63) is 61.1 Å². The molecular formula is C15H12BrIN2O2. The van der Waals surface area contributed by atoms with Crippen molar-refractivity contribution in [3.63, 3.8) is 0 Å². The molecule has 0 aliphatic carbocycles. The normalized spacial score (nSPS) is 10.8. The van der Waals surface area contributed by atoms with Crippen LogP contribution in [0.2, 0.25) is 0 Å². The molecule has 0 atom stereocenters. The maximum atomic E-state index is 11.9. The fraction of sp³-hybridized carbons (Fsp3) is 0.0667. The van der Waals surface area contributed by atoms with Gasteiger partial charge in [-0.15, -0.1) is 0 Å². The molecule has 1 amide bonds. The maximum absolute atomic E-state index is 11.9. The van der Waals surface area contributed by atoms with Crippen molar-refractivity contribution in [2.75, 3.05) is 0 Å². The zero-order valence-corrected chi connectivity index (χ0v) is 14.8. The lowest BCUT2D eigenvalue weighted by atomic mass is 10.1. The second-order valence-electron chi connectivity index (χ2n) is 4.37. The number of hydrazone groups is 1. The number of halogens is 2. The Balaban J connectivity index is 2.11. The molecule has 0 aliphatic rings. The highest BCUT2D eigenvalue weighted by molar-refractivity contribution is 14.1. The Kier molecular flexibility index (Phi) is 5.35. The molecule has 0 saturated carbocycles. The highest BCUT2D eigenvalue weighted by Gasteiger charge is 2.06. The molecule has 0 aliphatic heterocycles. The first-order chi connectivity index (χ1) is 9.97. The number of aryl methyl sites for hydroxylation is 1. The predicted molar refractivity (Wildman–Crippen MR) is 94.8 cm³/mol. The second kappa shape index (κ2) is 7.04. The van der Waals surface area contributed by atoms with E-state index >= 15 is 0 Å². The number of phenols is 1. The van der Waals surface area contributed by atoms with E-state index in [1.807, 2.05) is 19.1 Å². The van der Waals surface area contributed by atoms with Gasteiger partial charge in [-0.05, 0) is 65.4 Å². The summed E-state index contributed by atoms with van der Waals surface area (Å²) in [5.74, 6) is -0.148. The van der Waals surface area contributed by atoms with Crippen LogP contribution in [0.3, 0.4) is 0 Å². The number of hydrogen-bond donors (Lipinski definition) is 2. The van der Waals surface area contributed by atoms with E-state index in [2.05, 4.69) is 49.0 Å². The van der Waals surface area contributed by atoms with Crippen LogP contribution in [0.15, 0.2) is 46.0 Å². The van der Waals surface area contributed by atoms with Gasteiger partial charge in [-0.1, -0.05) is 22.0 Å². The molecule has 0 bridgehead atoms. The number of amides is 1. The highest BCUT2D eigenvalue weighted by atomic mass is 127. The third-order valence-electron chi connectivity index (χ3n) is 2.75. The number of rotatable bonds is 3. The van der Waals surface area contributed by atoms with Crippen LogP contribution in [0.5, 0.6) is 5.75 Å². The van der Waals surface area contributed by atoms with Crippen LogP contribution in [0.1, 0.15) is 21.5 Å². The molecule has 0 unspecified atom stereocenters. The number of carbonyl (C=O) groups excluding carboxylic acids is 1. The van der Waals surface area contributed by atoms with Crippen LogP contribution in [0.4, 0.5) is 0 Å². The van der Waals surface area contributed by atoms with Gasteiger partial charge in [-0.3, -0.25) is 4.79 Å². The summed E-state index contributed by atoms with van der Waals surface area (Å²) in [6.45, 7) is 1.81. The van der Waals surface area contributed by atoms with E-state index in [9.17, 15) is 9.90 Å². The first-order valence-corrected chi connectivity index (χ1v) is 7.92. The molecule has 6 heteroatoms. The monoisotopic (exact) mass is 458 g/mol. The molecule has 2 aromatic carbocycles. The number of carbonyl (C=O) groups is 1. The first-order valence-electron chi connectivity index (χ1n) is 6.05. The number of nitrogens with one attached hydrogen (secondary N) is 1. The minimum absolute atomic E-state index is 0.163. The first kappa shape index (κ1) is 16.0. The maximum Gasteiger partial charge on any atom is 0.271 e. The van der Waals surface area contributed by atoms with Crippen LogP contribution >= 0.6 is 38.5 Å². The van der Waals surface area contributed by atoms with E-state index in [1.165, 1.54) is 6.21 Å². The zero-order chi connectivity index (χ0) is 15.4. The molecule has 0 radical (unpaired) electrons. The average Bonchev–Trinajstić information content (AvgIpc) is 2.43. The number of nitrogens with zero attached hydrogens (tertiary/aromatic N) is 1. The fourth-order valence-corrected chi connectivity index (χ4v) is 2.92. The number of aromatic hydroxyl groups is 1. The van der Waals surface area contributed by atoms with Crippen molar-refractivity contribution in [2.24, 2.45) is 5.10 Å². The quantitative estimate of drug-likeness (QED) is 0.417. The Labute approximate surface area is 144 Å². The van der Waals surface area contributed by atoms with Gasteiger partial charge in [0.15, 0.2) is 0 Å². The Morgan fingerprint density at radius 1 is 1.38 bits per heavy atom. The van der Waals surface area contributed by atoms with Gasteiger partial charge in [0.2, 0.25) is 0 Å². The molecule has 0 saturated heterocycles. The SMILES string of the molecule is Cc1cc(I)cc(/C=N\NC(=O)c2cccc(Br)c2)c1O. The second-order valence-corrected chi connectivity index (χ2v) is 6.53. The van der Waals surface area contributed by atoms with Crippen molar-refractivity contribution < 1.29 is 9.90 Å². The Hall–Kier alpha value is -1.41. The Morgan fingerprint density at radius 3 is 2.86 bits per heavy atom. The summed E-state index contributed by atoms with van der Waals surface area (Å²) < 4.78 is 1.81. The van der Waals surface area contributed by atoms with Gasteiger partial charge < -0.3 is 5.11 Å². The summed E-state index contributed by atoms with van der Waals surface area (Å²) in [5.41, 5.74) is 4.27. The fourth-order valence-electron chi connectivity index (χ4n) is 1.71. The van der Waals surface area contributed by atoms with E-state index in [4.69, 9.17) is 0 Å². The van der Waals surface area contributed by atoms with Crippen LogP contribution in [0.25, 0.3) is 0 Å². The minimum Gasteiger partial charge on any atom is -0.507 e. The van der Waals surface area contributed by atoms with E-state index in [0.717, 1.165) is 13.6 Å². The predicted octanol–water partition coefficient (Wildman–Crippen LogP) is 3.83. The standard InChI is InChI=1S/C15H12BrIN2O2/c1-9-5-13(17)7-11(14(9)20)8-18-19-15(21)10-3-2-4-12(16)6-10/h2-8,20H,1H3,(H,19,21)/b18-8-.